The summed E-state index contributed by atoms with van der Waals surface area (Å²) in [6.07, 6.45) is 0. The molecule has 1 aromatic heterocycles. The second kappa shape index (κ2) is 5.15. The topological polar surface area (TPSA) is 31.6 Å². The van der Waals surface area contributed by atoms with Crippen LogP contribution in [0.5, 0.6) is 11.5 Å². The fourth-order valence-electron chi connectivity index (χ4n) is 3.66. The molecule has 5 aromatic rings. The molecule has 0 atom stereocenters. The van der Waals surface area contributed by atoms with E-state index in [9.17, 15) is 0 Å². The zero-order valence-corrected chi connectivity index (χ0v) is 14.0. The minimum atomic E-state index is 0.835. The van der Waals surface area contributed by atoms with Crippen molar-refractivity contribution in [1.29, 1.82) is 0 Å². The lowest BCUT2D eigenvalue weighted by atomic mass is 10.0. The monoisotopic (exact) mass is 328 g/mol. The highest BCUT2D eigenvalue weighted by atomic mass is 16.5. The summed E-state index contributed by atoms with van der Waals surface area (Å²) in [6.45, 7) is 0. The van der Waals surface area contributed by atoms with Crippen molar-refractivity contribution in [3.05, 3.63) is 60.7 Å². The predicted molar refractivity (Wildman–Crippen MR) is 102 cm³/mol. The first kappa shape index (κ1) is 14.2. The molecule has 0 bridgehead atoms. The number of furan rings is 1. The Labute approximate surface area is 144 Å². The van der Waals surface area contributed by atoms with Crippen molar-refractivity contribution < 1.29 is 13.9 Å². The number of rotatable bonds is 2. The summed E-state index contributed by atoms with van der Waals surface area (Å²) in [5.41, 5.74) is 1.76. The van der Waals surface area contributed by atoms with Gasteiger partial charge in [-0.25, -0.2) is 0 Å². The van der Waals surface area contributed by atoms with Crippen LogP contribution in [-0.4, -0.2) is 14.2 Å². The quantitative estimate of drug-likeness (QED) is 0.404. The summed E-state index contributed by atoms with van der Waals surface area (Å²) < 4.78 is 17.3. The van der Waals surface area contributed by atoms with Crippen LogP contribution in [0, 0.1) is 0 Å². The molecular weight excluding hydrogens is 312 g/mol. The largest absolute Gasteiger partial charge is 0.497 e. The first-order chi connectivity index (χ1) is 12.3. The molecule has 0 N–H and O–H groups in total. The van der Waals surface area contributed by atoms with Gasteiger partial charge in [0.2, 0.25) is 0 Å². The molecule has 0 radical (unpaired) electrons. The molecule has 5 rings (SSSR count). The first-order valence-corrected chi connectivity index (χ1v) is 8.19. The lowest BCUT2D eigenvalue weighted by Crippen LogP contribution is -1.85. The molecule has 25 heavy (non-hydrogen) atoms. The van der Waals surface area contributed by atoms with Crippen LogP contribution < -0.4 is 9.47 Å². The highest BCUT2D eigenvalue weighted by Gasteiger charge is 2.16. The van der Waals surface area contributed by atoms with E-state index in [1.165, 1.54) is 0 Å². The number of fused-ring (bicyclic) bond motifs is 7. The Morgan fingerprint density at radius 2 is 1.52 bits per heavy atom. The van der Waals surface area contributed by atoms with Crippen LogP contribution in [0.4, 0.5) is 0 Å². The standard InChI is InChI=1S/C22H16O3/c1-23-14-9-7-13-8-10-19-21(17(13)11-14)18-12-20(24-2)15-5-3-4-6-16(15)22(18)25-19/h3-12H,1-2H3. The molecule has 1 heterocycles. The third-order valence-corrected chi connectivity index (χ3v) is 4.85. The van der Waals surface area contributed by atoms with E-state index in [0.717, 1.165) is 55.0 Å². The molecule has 0 amide bonds. The highest BCUT2D eigenvalue weighted by molar-refractivity contribution is 6.24. The Balaban J connectivity index is 2.05. The minimum absolute atomic E-state index is 0.835. The Bertz CT molecular complexity index is 1260. The van der Waals surface area contributed by atoms with Crippen molar-refractivity contribution >= 4 is 43.5 Å². The van der Waals surface area contributed by atoms with Gasteiger partial charge in [-0.2, -0.15) is 0 Å². The normalized spacial score (nSPS) is 11.6. The van der Waals surface area contributed by atoms with Gasteiger partial charge >= 0.3 is 0 Å². The maximum atomic E-state index is 6.25. The number of hydrogen-bond acceptors (Lipinski definition) is 3. The van der Waals surface area contributed by atoms with E-state index >= 15 is 0 Å². The van der Waals surface area contributed by atoms with Crippen LogP contribution in [0.1, 0.15) is 0 Å². The zero-order valence-electron chi connectivity index (χ0n) is 14.0. The van der Waals surface area contributed by atoms with Crippen LogP contribution >= 0.6 is 0 Å². The molecule has 0 aliphatic heterocycles. The molecule has 0 aliphatic carbocycles. The van der Waals surface area contributed by atoms with Gasteiger partial charge in [0.25, 0.3) is 0 Å². The third kappa shape index (κ3) is 1.92. The van der Waals surface area contributed by atoms with E-state index in [2.05, 4.69) is 36.4 Å². The van der Waals surface area contributed by atoms with Crippen molar-refractivity contribution in [3.8, 4) is 11.5 Å². The smallest absolute Gasteiger partial charge is 0.143 e. The fraction of sp³-hybridized carbons (Fsp3) is 0.0909. The number of benzene rings is 4. The summed E-state index contributed by atoms with van der Waals surface area (Å²) in [5, 5.41) is 6.54. The molecule has 0 unspecified atom stereocenters. The summed E-state index contributed by atoms with van der Waals surface area (Å²) in [4.78, 5) is 0. The molecule has 0 saturated heterocycles. The van der Waals surface area contributed by atoms with Gasteiger partial charge in [0.1, 0.15) is 22.7 Å². The average Bonchev–Trinajstić information content (AvgIpc) is 3.06. The average molecular weight is 328 g/mol. The summed E-state index contributed by atoms with van der Waals surface area (Å²) >= 11 is 0. The van der Waals surface area contributed by atoms with Crippen molar-refractivity contribution in [2.45, 2.75) is 0 Å². The molecule has 4 aromatic carbocycles. The Kier molecular flexibility index (Phi) is 2.92. The van der Waals surface area contributed by atoms with Crippen molar-refractivity contribution in [3.63, 3.8) is 0 Å². The van der Waals surface area contributed by atoms with Crippen LogP contribution in [0.25, 0.3) is 43.5 Å². The Hall–Kier alpha value is -3.20. The number of ether oxygens (including phenoxy) is 2. The molecule has 3 nitrogen and oxygen atoms in total. The van der Waals surface area contributed by atoms with E-state index in [0.29, 0.717) is 0 Å². The molecular formula is C22H16O3. The summed E-state index contributed by atoms with van der Waals surface area (Å²) in [7, 11) is 3.39. The predicted octanol–water partition coefficient (Wildman–Crippen LogP) is 5.91. The van der Waals surface area contributed by atoms with E-state index < -0.39 is 0 Å². The number of hydrogen-bond donors (Lipinski definition) is 0. The van der Waals surface area contributed by atoms with E-state index in [1.54, 1.807) is 14.2 Å². The first-order valence-electron chi connectivity index (χ1n) is 8.19. The molecule has 0 spiro atoms. The minimum Gasteiger partial charge on any atom is -0.497 e. The number of methoxy groups -OCH3 is 2. The Morgan fingerprint density at radius 1 is 0.720 bits per heavy atom. The highest BCUT2D eigenvalue weighted by Crippen LogP contribution is 2.41. The maximum Gasteiger partial charge on any atom is 0.143 e. The molecule has 0 fully saturated rings. The van der Waals surface area contributed by atoms with Gasteiger partial charge in [-0.1, -0.05) is 36.4 Å². The van der Waals surface area contributed by atoms with Gasteiger partial charge in [-0.3, -0.25) is 0 Å². The molecule has 3 heteroatoms. The lowest BCUT2D eigenvalue weighted by molar-refractivity contribution is 0.415. The van der Waals surface area contributed by atoms with E-state index in [4.69, 9.17) is 13.9 Å². The van der Waals surface area contributed by atoms with E-state index in [-0.39, 0.29) is 0 Å². The maximum absolute atomic E-state index is 6.25. The zero-order chi connectivity index (χ0) is 17.0. The Morgan fingerprint density at radius 3 is 2.32 bits per heavy atom. The van der Waals surface area contributed by atoms with Crippen LogP contribution in [0.15, 0.2) is 65.1 Å². The van der Waals surface area contributed by atoms with Crippen LogP contribution in [0.2, 0.25) is 0 Å². The van der Waals surface area contributed by atoms with E-state index in [1.807, 2.05) is 24.3 Å². The van der Waals surface area contributed by atoms with Crippen molar-refractivity contribution in [2.75, 3.05) is 14.2 Å². The fourth-order valence-corrected chi connectivity index (χ4v) is 3.66. The summed E-state index contributed by atoms with van der Waals surface area (Å²) in [5.74, 6) is 1.69. The molecule has 0 aliphatic rings. The van der Waals surface area contributed by atoms with Gasteiger partial charge in [0, 0.05) is 21.5 Å². The summed E-state index contributed by atoms with van der Waals surface area (Å²) in [6, 6.07) is 20.5. The van der Waals surface area contributed by atoms with Gasteiger partial charge in [0.05, 0.1) is 14.2 Å². The van der Waals surface area contributed by atoms with Gasteiger partial charge in [0.15, 0.2) is 0 Å². The van der Waals surface area contributed by atoms with Gasteiger partial charge in [-0.15, -0.1) is 0 Å². The third-order valence-electron chi connectivity index (χ3n) is 4.85. The second-order valence-corrected chi connectivity index (χ2v) is 6.13. The van der Waals surface area contributed by atoms with Gasteiger partial charge in [-0.05, 0) is 35.0 Å². The van der Waals surface area contributed by atoms with Crippen molar-refractivity contribution in [2.24, 2.45) is 0 Å². The molecule has 122 valence electrons. The van der Waals surface area contributed by atoms with Crippen molar-refractivity contribution in [1.82, 2.24) is 0 Å². The van der Waals surface area contributed by atoms with Crippen LogP contribution in [-0.2, 0) is 0 Å². The SMILES string of the molecule is COc1ccc2ccc3oc4c5ccccc5c(OC)cc4c3c2c1. The second-order valence-electron chi connectivity index (χ2n) is 6.13. The van der Waals surface area contributed by atoms with Crippen LogP contribution in [0.3, 0.4) is 0 Å². The van der Waals surface area contributed by atoms with Gasteiger partial charge < -0.3 is 13.9 Å². The lowest BCUT2D eigenvalue weighted by Gasteiger charge is -2.06. The molecule has 0 saturated carbocycles.